The number of carbonyl (C=O) groups excluding carboxylic acids is 2. The number of carbonyl (C=O) groups is 2. The van der Waals surface area contributed by atoms with E-state index in [1.54, 1.807) is 0 Å². The van der Waals surface area contributed by atoms with E-state index in [9.17, 15) is 45.3 Å². The molecule has 2 aliphatic heterocycles. The van der Waals surface area contributed by atoms with E-state index in [1.807, 2.05) is 0 Å². The van der Waals surface area contributed by atoms with Crippen molar-refractivity contribution in [3.63, 3.8) is 0 Å². The Hall–Kier alpha value is -2.02. The van der Waals surface area contributed by atoms with Gasteiger partial charge in [0.15, 0.2) is 18.7 Å². The number of hydrogen-bond donors (Lipinski definition) is 7. The van der Waals surface area contributed by atoms with Gasteiger partial charge in [0.05, 0.1) is 19.8 Å². The Labute approximate surface area is 447 Å². The van der Waals surface area contributed by atoms with E-state index in [0.29, 0.717) is 12.8 Å². The summed E-state index contributed by atoms with van der Waals surface area (Å²) in [6.07, 6.45) is 33.6. The Kier molecular flexibility index (Phi) is 42.3. The topological polar surface area (TPSA) is 231 Å². The Morgan fingerprint density at radius 3 is 1.23 bits per heavy atom. The lowest BCUT2D eigenvalue weighted by atomic mass is 9.98. The van der Waals surface area contributed by atoms with E-state index in [-0.39, 0.29) is 19.4 Å². The summed E-state index contributed by atoms with van der Waals surface area (Å²) in [6, 6.07) is 0. The van der Waals surface area contributed by atoms with Crippen LogP contribution in [0.4, 0.5) is 0 Å². The highest BCUT2D eigenvalue weighted by Gasteiger charge is 2.47. The van der Waals surface area contributed by atoms with Gasteiger partial charge in [-0.2, -0.15) is 0 Å². The van der Waals surface area contributed by atoms with Crippen LogP contribution in [0.5, 0.6) is 0 Å². The number of aliphatic hydroxyl groups is 7. The molecule has 0 saturated carbocycles. The summed E-state index contributed by atoms with van der Waals surface area (Å²) in [5.41, 5.74) is 0. The molecule has 0 aromatic heterocycles. The van der Waals surface area contributed by atoms with Gasteiger partial charge in [-0.1, -0.05) is 199 Å². The van der Waals surface area contributed by atoms with Gasteiger partial charge in [0.25, 0.3) is 0 Å². The van der Waals surface area contributed by atoms with Gasteiger partial charge in [0, 0.05) is 12.8 Å². The molecule has 2 fully saturated rings. The van der Waals surface area contributed by atoms with Gasteiger partial charge >= 0.3 is 11.9 Å². The average molecular weight is 1060 g/mol. The lowest BCUT2D eigenvalue weighted by Gasteiger charge is -2.42. The van der Waals surface area contributed by atoms with Crippen molar-refractivity contribution in [3.05, 3.63) is 24.3 Å². The molecule has 2 saturated heterocycles. The van der Waals surface area contributed by atoms with E-state index in [4.69, 9.17) is 28.4 Å². The summed E-state index contributed by atoms with van der Waals surface area (Å²) in [5, 5.41) is 72.3. The largest absolute Gasteiger partial charge is 0.462 e. The van der Waals surface area contributed by atoms with Crippen LogP contribution in [0.3, 0.4) is 0 Å². The van der Waals surface area contributed by atoms with Crippen LogP contribution in [0.2, 0.25) is 0 Å². The molecule has 0 spiro atoms. The molecule has 0 aromatic carbocycles. The summed E-state index contributed by atoms with van der Waals surface area (Å²) in [6.45, 7) is 2.59. The Bertz CT molecular complexity index is 1380. The normalized spacial score (nSPS) is 24.8. The fourth-order valence-electron chi connectivity index (χ4n) is 9.51. The van der Waals surface area contributed by atoms with Crippen molar-refractivity contribution in [2.75, 3.05) is 26.4 Å². The van der Waals surface area contributed by atoms with Crippen LogP contribution >= 0.6 is 0 Å². The number of unbranched alkanes of at least 4 members (excludes halogenated alkanes) is 30. The number of hydrogen-bond acceptors (Lipinski definition) is 15. The highest BCUT2D eigenvalue weighted by atomic mass is 16.7. The zero-order valence-electron chi connectivity index (χ0n) is 46.3. The van der Waals surface area contributed by atoms with Crippen LogP contribution in [0.1, 0.15) is 245 Å². The minimum absolute atomic E-state index is 0.142. The molecule has 15 nitrogen and oxygen atoms in total. The van der Waals surface area contributed by atoms with Gasteiger partial charge in [-0.15, -0.1) is 0 Å². The third kappa shape index (κ3) is 32.7. The molecular formula is C59H108O15. The van der Waals surface area contributed by atoms with Crippen LogP contribution in [-0.4, -0.2) is 142 Å². The summed E-state index contributed by atoms with van der Waals surface area (Å²) in [7, 11) is 0. The standard InChI is InChI=1S/C59H108O15/c1-3-5-7-9-11-13-15-17-19-20-21-22-23-24-25-26-28-29-31-33-35-37-39-41-50(61)69-44-47(72-51(62)42-40-38-36-34-32-30-27-18-16-14-12-10-8-6-4-2)45-70-58-57(68)55(66)53(64)49(74-58)46-71-59-56(67)54(65)52(63)48(43-60)73-59/h30,32-33,35,47-49,52-60,63-68H,3-29,31,34,36-46H2,1-2H3/b32-30+,35-33+/t47-,48+,49+,52-,53-,54?,55?,56?,57?,58+,59+/m0/s1. The predicted molar refractivity (Wildman–Crippen MR) is 289 cm³/mol. The number of rotatable bonds is 48. The third-order valence-electron chi connectivity index (χ3n) is 14.4. The second kappa shape index (κ2) is 45.9. The molecule has 2 heterocycles. The van der Waals surface area contributed by atoms with Gasteiger partial charge in [-0.05, 0) is 57.8 Å². The fraction of sp³-hybridized carbons (Fsp3) is 0.898. The van der Waals surface area contributed by atoms with Crippen molar-refractivity contribution in [2.24, 2.45) is 0 Å². The molecule has 0 amide bonds. The SMILES string of the molecule is CCCCCCCCCC/C=C/CCCCCC(=O)O[C@@H](COC(=O)CCC/C=C/CCCCCCCCCCCCCCCCCCCC)CO[C@@H]1O[C@H](CO[C@@H]2O[C@H](CO)[C@H](O)C(O)C2O)[C@H](O)C(O)C1O. The highest BCUT2D eigenvalue weighted by Crippen LogP contribution is 2.27. The maximum atomic E-state index is 13.0. The van der Waals surface area contributed by atoms with Gasteiger partial charge in [0.2, 0.25) is 0 Å². The Balaban J connectivity index is 1.73. The first kappa shape index (κ1) is 68.1. The van der Waals surface area contributed by atoms with Crippen molar-refractivity contribution in [1.29, 1.82) is 0 Å². The van der Waals surface area contributed by atoms with Crippen LogP contribution < -0.4 is 0 Å². The van der Waals surface area contributed by atoms with Crippen molar-refractivity contribution >= 4 is 11.9 Å². The molecule has 2 rings (SSSR count). The van der Waals surface area contributed by atoms with Crippen LogP contribution in [0, 0.1) is 0 Å². The van der Waals surface area contributed by atoms with Gasteiger partial charge in [-0.3, -0.25) is 9.59 Å². The smallest absolute Gasteiger partial charge is 0.306 e. The molecule has 4 unspecified atom stereocenters. The second-order valence-corrected chi connectivity index (χ2v) is 21.2. The van der Waals surface area contributed by atoms with Crippen molar-refractivity contribution in [3.8, 4) is 0 Å². The summed E-state index contributed by atoms with van der Waals surface area (Å²) in [4.78, 5) is 25.9. The molecule has 434 valence electrons. The van der Waals surface area contributed by atoms with E-state index < -0.39 is 99.3 Å². The number of esters is 2. The number of ether oxygens (including phenoxy) is 6. The first-order valence-corrected chi connectivity index (χ1v) is 29.9. The van der Waals surface area contributed by atoms with Crippen LogP contribution in [0.25, 0.3) is 0 Å². The van der Waals surface area contributed by atoms with Crippen LogP contribution in [0.15, 0.2) is 24.3 Å². The lowest BCUT2D eigenvalue weighted by Crippen LogP contribution is -2.61. The first-order chi connectivity index (χ1) is 36.0. The highest BCUT2D eigenvalue weighted by molar-refractivity contribution is 5.70. The molecule has 0 bridgehead atoms. The quantitative estimate of drug-likeness (QED) is 0.0171. The monoisotopic (exact) mass is 1060 g/mol. The maximum Gasteiger partial charge on any atom is 0.306 e. The van der Waals surface area contributed by atoms with Crippen molar-refractivity contribution in [2.45, 2.75) is 313 Å². The summed E-state index contributed by atoms with van der Waals surface area (Å²) < 4.78 is 33.6. The Morgan fingerprint density at radius 1 is 0.419 bits per heavy atom. The number of aliphatic hydroxyl groups excluding tert-OH is 7. The summed E-state index contributed by atoms with van der Waals surface area (Å²) >= 11 is 0. The molecule has 15 heteroatoms. The summed E-state index contributed by atoms with van der Waals surface area (Å²) in [5.74, 6) is -0.970. The molecule has 0 aromatic rings. The first-order valence-electron chi connectivity index (χ1n) is 29.9. The van der Waals surface area contributed by atoms with E-state index in [1.165, 1.54) is 161 Å². The maximum absolute atomic E-state index is 13.0. The third-order valence-corrected chi connectivity index (χ3v) is 14.4. The van der Waals surface area contributed by atoms with Crippen LogP contribution in [-0.2, 0) is 38.0 Å². The van der Waals surface area contributed by atoms with E-state index in [0.717, 1.165) is 44.9 Å². The minimum Gasteiger partial charge on any atom is -0.462 e. The molecule has 0 radical (unpaired) electrons. The van der Waals surface area contributed by atoms with E-state index in [2.05, 4.69) is 38.2 Å². The minimum atomic E-state index is -1.77. The molecule has 74 heavy (non-hydrogen) atoms. The molecule has 11 atom stereocenters. The zero-order chi connectivity index (χ0) is 53.9. The molecule has 0 aliphatic carbocycles. The molecule has 7 N–H and O–H groups in total. The second-order valence-electron chi connectivity index (χ2n) is 21.2. The lowest BCUT2D eigenvalue weighted by molar-refractivity contribution is -0.332. The Morgan fingerprint density at radius 2 is 0.784 bits per heavy atom. The molecular weight excluding hydrogens is 949 g/mol. The van der Waals surface area contributed by atoms with Gasteiger partial charge in [0.1, 0.15) is 55.4 Å². The fourth-order valence-corrected chi connectivity index (χ4v) is 9.51. The molecule has 2 aliphatic rings. The van der Waals surface area contributed by atoms with E-state index >= 15 is 0 Å². The van der Waals surface area contributed by atoms with Crippen molar-refractivity contribution < 1.29 is 73.8 Å². The predicted octanol–water partition coefficient (Wildman–Crippen LogP) is 10.3. The number of allylic oxidation sites excluding steroid dienone is 4. The van der Waals surface area contributed by atoms with Gasteiger partial charge in [-0.25, -0.2) is 0 Å². The van der Waals surface area contributed by atoms with Crippen molar-refractivity contribution in [1.82, 2.24) is 0 Å². The average Bonchev–Trinajstić information content (AvgIpc) is 3.39. The van der Waals surface area contributed by atoms with Gasteiger partial charge < -0.3 is 64.2 Å². The zero-order valence-corrected chi connectivity index (χ0v) is 46.3.